The quantitative estimate of drug-likeness (QED) is 0.280. The number of rotatable bonds is 6. The smallest absolute Gasteiger partial charge is 0.339 e. The number of morpholine rings is 1. The second kappa shape index (κ2) is 10.9. The molecule has 0 amide bonds. The van der Waals surface area contributed by atoms with Crippen molar-refractivity contribution >= 4 is 34.7 Å². The van der Waals surface area contributed by atoms with Crippen molar-refractivity contribution in [2.45, 2.75) is 12.1 Å². The van der Waals surface area contributed by atoms with Crippen LogP contribution in [0, 0.1) is 0 Å². The van der Waals surface area contributed by atoms with E-state index in [0.717, 1.165) is 54.8 Å². The largest absolute Gasteiger partial charge is 0.465 e. The minimum Gasteiger partial charge on any atom is -0.465 e. The van der Waals surface area contributed by atoms with Gasteiger partial charge in [-0.1, -0.05) is 18.2 Å². The topological polar surface area (TPSA) is 71.9 Å². The Kier molecular flexibility index (Phi) is 7.00. The molecule has 0 saturated carbocycles. The van der Waals surface area contributed by atoms with Crippen LogP contribution in [0.25, 0.3) is 5.69 Å². The number of esters is 1. The molecule has 2 aromatic carbocycles. The van der Waals surface area contributed by atoms with Crippen molar-refractivity contribution in [3.63, 3.8) is 0 Å². The zero-order valence-corrected chi connectivity index (χ0v) is 22.4. The Labute approximate surface area is 232 Å². The van der Waals surface area contributed by atoms with E-state index in [1.165, 1.54) is 7.11 Å². The first-order valence-electron chi connectivity index (χ1n) is 12.9. The Morgan fingerprint density at radius 1 is 0.974 bits per heavy atom. The maximum atomic E-state index is 12.6. The molecule has 8 nitrogen and oxygen atoms in total. The summed E-state index contributed by atoms with van der Waals surface area (Å²) in [7, 11) is 1.40. The summed E-state index contributed by atoms with van der Waals surface area (Å²) in [4.78, 5) is 21.8. The molecular formula is C30H29N5O3S. The summed E-state index contributed by atoms with van der Waals surface area (Å²) < 4.78 is 12.6. The van der Waals surface area contributed by atoms with E-state index in [9.17, 15) is 4.79 Å². The highest BCUT2D eigenvalue weighted by Crippen LogP contribution is 2.42. The molecule has 0 spiro atoms. The van der Waals surface area contributed by atoms with Gasteiger partial charge in [-0.3, -0.25) is 4.98 Å². The van der Waals surface area contributed by atoms with E-state index in [-0.39, 0.29) is 18.1 Å². The van der Waals surface area contributed by atoms with E-state index < -0.39 is 0 Å². The third kappa shape index (κ3) is 4.75. The lowest BCUT2D eigenvalue weighted by atomic mass is 10.0. The highest BCUT2D eigenvalue weighted by atomic mass is 32.1. The second-order valence-electron chi connectivity index (χ2n) is 9.42. The number of carbonyl (C=O) groups excluding carboxylic acids is 1. The predicted octanol–water partition coefficient (Wildman–Crippen LogP) is 4.67. The summed E-state index contributed by atoms with van der Waals surface area (Å²) in [6, 6.07) is 25.5. The molecule has 6 rings (SSSR count). The van der Waals surface area contributed by atoms with Gasteiger partial charge in [-0.2, -0.15) is 0 Å². The average Bonchev–Trinajstić information content (AvgIpc) is 3.62. The van der Waals surface area contributed by atoms with Gasteiger partial charge in [0.15, 0.2) is 5.11 Å². The molecule has 9 heteroatoms. The van der Waals surface area contributed by atoms with Crippen LogP contribution in [0.1, 0.15) is 33.8 Å². The molecule has 0 unspecified atom stereocenters. The highest BCUT2D eigenvalue weighted by Gasteiger charge is 2.42. The maximum absolute atomic E-state index is 12.6. The molecule has 2 fully saturated rings. The van der Waals surface area contributed by atoms with Gasteiger partial charge < -0.3 is 29.2 Å². The molecule has 2 aliphatic rings. The number of thiocarbonyl (C=S) groups is 1. The zero-order valence-electron chi connectivity index (χ0n) is 21.6. The highest BCUT2D eigenvalue weighted by molar-refractivity contribution is 7.80. The van der Waals surface area contributed by atoms with Gasteiger partial charge in [-0.25, -0.2) is 4.79 Å². The number of hydrogen-bond donors (Lipinski definition) is 1. The third-order valence-electron chi connectivity index (χ3n) is 7.25. The SMILES string of the molecule is COC(=O)c1ccccc1-n1cccc1[C@@H]1[C@@H](c2ccccn2)NC(=S)N1c1ccc(N2CCOCC2)cc1. The van der Waals surface area contributed by atoms with Gasteiger partial charge in [-0.15, -0.1) is 0 Å². The van der Waals surface area contributed by atoms with Crippen LogP contribution >= 0.6 is 12.2 Å². The number of anilines is 2. The van der Waals surface area contributed by atoms with E-state index in [4.69, 9.17) is 21.7 Å². The summed E-state index contributed by atoms with van der Waals surface area (Å²) in [6.07, 6.45) is 3.76. The number of methoxy groups -OCH3 is 1. The van der Waals surface area contributed by atoms with Gasteiger partial charge in [-0.05, 0) is 72.9 Å². The molecule has 0 aliphatic carbocycles. The first-order chi connectivity index (χ1) is 19.2. The summed E-state index contributed by atoms with van der Waals surface area (Å²) in [5, 5.41) is 4.14. The Balaban J connectivity index is 1.44. The third-order valence-corrected chi connectivity index (χ3v) is 7.57. The minimum absolute atomic E-state index is 0.212. The summed E-state index contributed by atoms with van der Waals surface area (Å²) in [5.41, 5.74) is 5.21. The summed E-state index contributed by atoms with van der Waals surface area (Å²) >= 11 is 5.93. The number of carbonyl (C=O) groups is 1. The monoisotopic (exact) mass is 539 g/mol. The van der Waals surface area contributed by atoms with Crippen molar-refractivity contribution in [3.05, 3.63) is 108 Å². The molecule has 0 radical (unpaired) electrons. The lowest BCUT2D eigenvalue weighted by Gasteiger charge is -2.31. The van der Waals surface area contributed by atoms with Gasteiger partial charge >= 0.3 is 5.97 Å². The van der Waals surface area contributed by atoms with Gasteiger partial charge in [0.05, 0.1) is 43.3 Å². The van der Waals surface area contributed by atoms with E-state index in [1.54, 1.807) is 12.3 Å². The van der Waals surface area contributed by atoms with Crippen molar-refractivity contribution in [2.24, 2.45) is 0 Å². The molecule has 2 atom stereocenters. The van der Waals surface area contributed by atoms with Crippen LogP contribution in [0.5, 0.6) is 0 Å². The van der Waals surface area contributed by atoms with Gasteiger partial charge in [0, 0.05) is 42.6 Å². The normalized spacial score (nSPS) is 19.2. The molecule has 4 heterocycles. The number of nitrogens with zero attached hydrogens (tertiary/aromatic N) is 4. The van der Waals surface area contributed by atoms with Crippen LogP contribution < -0.4 is 15.1 Å². The summed E-state index contributed by atoms with van der Waals surface area (Å²) in [6.45, 7) is 3.22. The number of pyridine rings is 1. The van der Waals surface area contributed by atoms with Crippen molar-refractivity contribution in [1.29, 1.82) is 0 Å². The van der Waals surface area contributed by atoms with Crippen LogP contribution in [0.2, 0.25) is 0 Å². The van der Waals surface area contributed by atoms with Crippen molar-refractivity contribution in [2.75, 3.05) is 43.2 Å². The zero-order chi connectivity index (χ0) is 26.8. The van der Waals surface area contributed by atoms with Gasteiger partial charge in [0.25, 0.3) is 0 Å². The number of para-hydroxylation sites is 1. The summed E-state index contributed by atoms with van der Waals surface area (Å²) in [5.74, 6) is -0.387. The first kappa shape index (κ1) is 25.1. The van der Waals surface area contributed by atoms with E-state index in [1.807, 2.05) is 53.2 Å². The fourth-order valence-corrected chi connectivity index (χ4v) is 5.75. The van der Waals surface area contributed by atoms with Crippen LogP contribution in [-0.2, 0) is 9.47 Å². The lowest BCUT2D eigenvalue weighted by molar-refractivity contribution is 0.0600. The fraction of sp³-hybridized carbons (Fsp3) is 0.233. The number of nitrogens with one attached hydrogen (secondary N) is 1. The Morgan fingerprint density at radius 2 is 1.72 bits per heavy atom. The lowest BCUT2D eigenvalue weighted by Crippen LogP contribution is -2.36. The van der Waals surface area contributed by atoms with E-state index in [0.29, 0.717) is 10.7 Å². The number of benzene rings is 2. The Hall–Kier alpha value is -4.21. The van der Waals surface area contributed by atoms with Crippen molar-refractivity contribution in [1.82, 2.24) is 14.9 Å². The molecule has 2 saturated heterocycles. The Morgan fingerprint density at radius 3 is 2.46 bits per heavy atom. The molecule has 198 valence electrons. The van der Waals surface area contributed by atoms with Crippen LogP contribution in [-0.4, -0.2) is 54.0 Å². The molecule has 4 aromatic rings. The number of ether oxygens (including phenoxy) is 2. The number of aromatic nitrogens is 2. The van der Waals surface area contributed by atoms with E-state index >= 15 is 0 Å². The van der Waals surface area contributed by atoms with Crippen LogP contribution in [0.4, 0.5) is 11.4 Å². The minimum atomic E-state index is -0.387. The van der Waals surface area contributed by atoms with Gasteiger partial charge in [0.2, 0.25) is 0 Å². The predicted molar refractivity (Wildman–Crippen MR) is 155 cm³/mol. The fourth-order valence-electron chi connectivity index (χ4n) is 5.40. The van der Waals surface area contributed by atoms with E-state index in [2.05, 4.69) is 50.4 Å². The molecule has 2 aliphatic heterocycles. The molecule has 39 heavy (non-hydrogen) atoms. The van der Waals surface area contributed by atoms with Crippen LogP contribution in [0.15, 0.2) is 91.3 Å². The molecule has 0 bridgehead atoms. The second-order valence-corrected chi connectivity index (χ2v) is 9.81. The molecule has 2 aromatic heterocycles. The standard InChI is InChI=1S/C30H29N5O3S/c1-37-29(36)23-7-2-3-9-25(23)34-16-6-10-26(34)28-27(24-8-4-5-15-31-24)32-30(39)35(28)22-13-11-21(12-14-22)33-17-19-38-20-18-33/h2-16,27-28H,17-20H2,1H3,(H,32,39)/t27-,28-/m1/s1. The Bertz CT molecular complexity index is 1470. The van der Waals surface area contributed by atoms with Gasteiger partial charge in [0.1, 0.15) is 6.04 Å². The molecule has 1 N–H and O–H groups in total. The van der Waals surface area contributed by atoms with Crippen molar-refractivity contribution in [3.8, 4) is 5.69 Å². The number of hydrogen-bond acceptors (Lipinski definition) is 6. The maximum Gasteiger partial charge on any atom is 0.339 e. The van der Waals surface area contributed by atoms with Crippen LogP contribution in [0.3, 0.4) is 0 Å². The molecular weight excluding hydrogens is 510 g/mol. The first-order valence-corrected chi connectivity index (χ1v) is 13.3. The average molecular weight is 540 g/mol. The van der Waals surface area contributed by atoms with Crippen molar-refractivity contribution < 1.29 is 14.3 Å².